The van der Waals surface area contributed by atoms with Gasteiger partial charge in [0.1, 0.15) is 5.52 Å². The number of alkyl halides is 1. The maximum Gasteiger partial charge on any atom is 0.154 e. The van der Waals surface area contributed by atoms with Crippen LogP contribution in [0.1, 0.15) is 19.5 Å². The molecule has 0 aliphatic carbocycles. The molecule has 0 aliphatic heterocycles. The minimum atomic E-state index is 0.00696. The lowest BCUT2D eigenvalue weighted by Gasteiger charge is -2.35. The van der Waals surface area contributed by atoms with Crippen LogP contribution in [0, 0.1) is 6.92 Å². The van der Waals surface area contributed by atoms with Crippen LogP contribution in [-0.4, -0.2) is 32.5 Å². The Morgan fingerprint density at radius 1 is 1.47 bits per heavy atom. The third-order valence-electron chi connectivity index (χ3n) is 3.04. The Kier molecular flexibility index (Phi) is 3.12. The minimum Gasteiger partial charge on any atom is -0.352 e. The third kappa shape index (κ3) is 2.16. The zero-order chi connectivity index (χ0) is 12.6. The second-order valence-electron chi connectivity index (χ2n) is 4.87. The first-order valence-electron chi connectivity index (χ1n) is 5.56. The van der Waals surface area contributed by atoms with E-state index in [2.05, 4.69) is 57.9 Å². The second-order valence-corrected chi connectivity index (χ2v) is 5.43. The third-order valence-corrected chi connectivity index (χ3v) is 4.42. The Labute approximate surface area is 110 Å². The number of rotatable bonds is 3. The highest BCUT2D eigenvalue weighted by molar-refractivity contribution is 9.09. The number of hydrogen-bond acceptors (Lipinski definition) is 3. The number of fused-ring (bicyclic) bond motifs is 1. The fourth-order valence-corrected chi connectivity index (χ4v) is 2.04. The molecule has 0 N–H and O–H groups in total. The Balaban J connectivity index is 2.55. The molecular weight excluding hydrogens is 280 g/mol. The molecule has 0 bridgehead atoms. The van der Waals surface area contributed by atoms with Crippen molar-refractivity contribution in [3.63, 3.8) is 0 Å². The van der Waals surface area contributed by atoms with Crippen LogP contribution >= 0.6 is 15.9 Å². The summed E-state index contributed by atoms with van der Waals surface area (Å²) in [6.07, 6.45) is 3.66. The highest BCUT2D eigenvalue weighted by Crippen LogP contribution is 2.26. The predicted octanol–water partition coefficient (Wildman–Crippen LogP) is 2.65. The van der Waals surface area contributed by atoms with Crippen LogP contribution in [0.3, 0.4) is 0 Å². The molecule has 0 atom stereocenters. The number of halogens is 1. The van der Waals surface area contributed by atoms with Gasteiger partial charge in [-0.25, -0.2) is 9.50 Å². The molecule has 5 heteroatoms. The number of hydrogen-bond donors (Lipinski definition) is 0. The Hall–Kier alpha value is -1.10. The monoisotopic (exact) mass is 296 g/mol. The van der Waals surface area contributed by atoms with Gasteiger partial charge in [0.2, 0.25) is 0 Å². The standard InChI is InChI=1S/C12H17BrN4/c1-9-7-10-11(14-5-6-17(10)15-9)16(4)12(2,3)8-13/h5-7H,8H2,1-4H3. The van der Waals surface area contributed by atoms with E-state index in [0.717, 1.165) is 22.4 Å². The molecule has 0 aromatic carbocycles. The van der Waals surface area contributed by atoms with Crippen molar-refractivity contribution < 1.29 is 0 Å². The van der Waals surface area contributed by atoms with Crippen molar-refractivity contribution >= 4 is 27.3 Å². The molecule has 92 valence electrons. The first-order valence-corrected chi connectivity index (χ1v) is 6.68. The molecule has 0 amide bonds. The summed E-state index contributed by atoms with van der Waals surface area (Å²) in [7, 11) is 2.06. The molecule has 2 aromatic heterocycles. The van der Waals surface area contributed by atoms with E-state index >= 15 is 0 Å². The number of aryl methyl sites for hydroxylation is 1. The van der Waals surface area contributed by atoms with Crippen LogP contribution in [0.2, 0.25) is 0 Å². The van der Waals surface area contributed by atoms with Crippen molar-refractivity contribution in [1.82, 2.24) is 14.6 Å². The average molecular weight is 297 g/mol. The van der Waals surface area contributed by atoms with Crippen molar-refractivity contribution in [3.05, 3.63) is 24.2 Å². The maximum atomic E-state index is 4.48. The highest BCUT2D eigenvalue weighted by Gasteiger charge is 2.25. The van der Waals surface area contributed by atoms with Crippen LogP contribution < -0.4 is 4.90 Å². The van der Waals surface area contributed by atoms with E-state index in [1.165, 1.54) is 0 Å². The van der Waals surface area contributed by atoms with Gasteiger partial charge in [-0.3, -0.25) is 0 Å². The normalized spacial score (nSPS) is 12.1. The van der Waals surface area contributed by atoms with E-state index < -0.39 is 0 Å². The molecule has 0 fully saturated rings. The van der Waals surface area contributed by atoms with Crippen molar-refractivity contribution in [1.29, 1.82) is 0 Å². The lowest BCUT2D eigenvalue weighted by atomic mass is 10.1. The van der Waals surface area contributed by atoms with Gasteiger partial charge in [0.15, 0.2) is 5.82 Å². The summed E-state index contributed by atoms with van der Waals surface area (Å²) >= 11 is 3.55. The van der Waals surface area contributed by atoms with Gasteiger partial charge in [0, 0.05) is 30.3 Å². The fourth-order valence-electron chi connectivity index (χ4n) is 1.67. The molecule has 4 nitrogen and oxygen atoms in total. The summed E-state index contributed by atoms with van der Waals surface area (Å²) in [6, 6.07) is 2.06. The fraction of sp³-hybridized carbons (Fsp3) is 0.500. The van der Waals surface area contributed by atoms with Gasteiger partial charge < -0.3 is 4.90 Å². The number of aromatic nitrogens is 3. The molecule has 2 heterocycles. The number of nitrogens with zero attached hydrogens (tertiary/aromatic N) is 4. The van der Waals surface area contributed by atoms with E-state index in [9.17, 15) is 0 Å². The van der Waals surface area contributed by atoms with Gasteiger partial charge >= 0.3 is 0 Å². The Bertz CT molecular complexity index is 532. The van der Waals surface area contributed by atoms with Crippen LogP contribution in [0.15, 0.2) is 18.5 Å². The van der Waals surface area contributed by atoms with E-state index in [1.54, 1.807) is 6.20 Å². The quantitative estimate of drug-likeness (QED) is 0.817. The smallest absolute Gasteiger partial charge is 0.154 e. The first kappa shape index (κ1) is 12.4. The van der Waals surface area contributed by atoms with E-state index in [0.29, 0.717) is 0 Å². The van der Waals surface area contributed by atoms with Crippen LogP contribution in [0.25, 0.3) is 5.52 Å². The predicted molar refractivity (Wildman–Crippen MR) is 74.0 cm³/mol. The van der Waals surface area contributed by atoms with Gasteiger partial charge in [-0.2, -0.15) is 5.10 Å². The van der Waals surface area contributed by atoms with Gasteiger partial charge in [0.25, 0.3) is 0 Å². The molecule has 0 aliphatic rings. The highest BCUT2D eigenvalue weighted by atomic mass is 79.9. The minimum absolute atomic E-state index is 0.00696. The zero-order valence-corrected chi connectivity index (χ0v) is 12.2. The molecule has 2 aromatic rings. The van der Waals surface area contributed by atoms with Crippen molar-refractivity contribution in [3.8, 4) is 0 Å². The molecule has 0 saturated heterocycles. The second kappa shape index (κ2) is 4.29. The molecule has 2 rings (SSSR count). The average Bonchev–Trinajstić information content (AvgIpc) is 2.67. The molecule has 0 spiro atoms. The molecule has 0 unspecified atom stereocenters. The summed E-state index contributed by atoms with van der Waals surface area (Å²) in [4.78, 5) is 6.66. The summed E-state index contributed by atoms with van der Waals surface area (Å²) in [5.74, 6) is 0.956. The molecule has 0 saturated carbocycles. The molecular formula is C12H17BrN4. The topological polar surface area (TPSA) is 33.4 Å². The van der Waals surface area contributed by atoms with E-state index in [-0.39, 0.29) is 5.54 Å². The van der Waals surface area contributed by atoms with Crippen molar-refractivity contribution in [2.24, 2.45) is 0 Å². The lowest BCUT2D eigenvalue weighted by molar-refractivity contribution is 0.547. The molecule has 17 heavy (non-hydrogen) atoms. The van der Waals surface area contributed by atoms with Crippen molar-refractivity contribution in [2.75, 3.05) is 17.3 Å². The zero-order valence-electron chi connectivity index (χ0n) is 10.6. The SMILES string of the molecule is Cc1cc2c(N(C)C(C)(C)CBr)nccn2n1. The van der Waals surface area contributed by atoms with Gasteiger partial charge in [-0.15, -0.1) is 0 Å². The van der Waals surface area contributed by atoms with Gasteiger partial charge in [-0.05, 0) is 26.8 Å². The summed E-state index contributed by atoms with van der Waals surface area (Å²) in [6.45, 7) is 6.35. The van der Waals surface area contributed by atoms with Crippen LogP contribution in [-0.2, 0) is 0 Å². The van der Waals surface area contributed by atoms with Gasteiger partial charge in [-0.1, -0.05) is 15.9 Å². The van der Waals surface area contributed by atoms with Crippen LogP contribution in [0.5, 0.6) is 0 Å². The summed E-state index contributed by atoms with van der Waals surface area (Å²) < 4.78 is 1.87. The van der Waals surface area contributed by atoms with E-state index in [1.807, 2.05) is 17.6 Å². The maximum absolute atomic E-state index is 4.48. The number of anilines is 1. The van der Waals surface area contributed by atoms with Crippen molar-refractivity contribution in [2.45, 2.75) is 26.3 Å². The summed E-state index contributed by atoms with van der Waals surface area (Å²) in [5, 5.41) is 5.28. The Morgan fingerprint density at radius 2 is 2.18 bits per heavy atom. The first-order chi connectivity index (χ1) is 7.95. The molecule has 0 radical (unpaired) electrons. The summed E-state index contributed by atoms with van der Waals surface area (Å²) in [5.41, 5.74) is 2.05. The van der Waals surface area contributed by atoms with Gasteiger partial charge in [0.05, 0.1) is 5.69 Å². The lowest BCUT2D eigenvalue weighted by Crippen LogP contribution is -2.43. The Morgan fingerprint density at radius 3 is 2.82 bits per heavy atom. The van der Waals surface area contributed by atoms with E-state index in [4.69, 9.17) is 0 Å². The largest absolute Gasteiger partial charge is 0.352 e. The van der Waals surface area contributed by atoms with Crippen LogP contribution in [0.4, 0.5) is 5.82 Å².